The zero-order valence-electron chi connectivity index (χ0n) is 11.5. The second-order valence-electron chi connectivity index (χ2n) is 5.08. The predicted octanol–water partition coefficient (Wildman–Crippen LogP) is 0.244. The topological polar surface area (TPSA) is 65.4 Å². The number of aliphatic hydroxyl groups excluding tert-OH is 1. The Hall–Kier alpha value is -1.05. The van der Waals surface area contributed by atoms with Crippen molar-refractivity contribution in [2.24, 2.45) is 4.99 Å². The molecule has 3 rings (SSSR count). The monoisotopic (exact) mass is 297 g/mol. The summed E-state index contributed by atoms with van der Waals surface area (Å²) < 4.78 is 5.44. The number of amides is 1. The Morgan fingerprint density at radius 3 is 3.25 bits per heavy atom. The van der Waals surface area contributed by atoms with Gasteiger partial charge in [0.05, 0.1) is 19.1 Å². The number of aliphatic imine (C=N–C) groups is 1. The Morgan fingerprint density at radius 2 is 2.45 bits per heavy atom. The molecule has 0 radical (unpaired) electrons. The van der Waals surface area contributed by atoms with Crippen molar-refractivity contribution in [2.45, 2.75) is 25.6 Å². The minimum Gasteiger partial charge on any atom is -0.388 e. The van der Waals surface area contributed by atoms with E-state index >= 15 is 0 Å². The minimum absolute atomic E-state index is 0.0475. The van der Waals surface area contributed by atoms with Gasteiger partial charge in [-0.2, -0.15) is 0 Å². The molecule has 2 atom stereocenters. The number of amidine groups is 1. The minimum atomic E-state index is -0.574. The van der Waals surface area contributed by atoms with Crippen molar-refractivity contribution in [1.82, 2.24) is 9.80 Å². The lowest BCUT2D eigenvalue weighted by Gasteiger charge is -2.20. The molecule has 3 heterocycles. The lowest BCUT2D eigenvalue weighted by molar-refractivity contribution is -0.130. The van der Waals surface area contributed by atoms with Crippen LogP contribution in [0.3, 0.4) is 0 Å². The highest BCUT2D eigenvalue weighted by Crippen LogP contribution is 2.31. The molecule has 0 unspecified atom stereocenters. The number of aliphatic hydroxyl groups is 1. The Labute approximate surface area is 122 Å². The number of hydrogen-bond donors (Lipinski definition) is 1. The average Bonchev–Trinajstić information content (AvgIpc) is 3.09. The molecule has 0 aromatic heterocycles. The fraction of sp³-hybridized carbons (Fsp3) is 0.692. The largest absolute Gasteiger partial charge is 0.388 e. The first kappa shape index (κ1) is 13.9. The molecule has 110 valence electrons. The van der Waals surface area contributed by atoms with E-state index in [9.17, 15) is 9.90 Å². The summed E-state index contributed by atoms with van der Waals surface area (Å²) in [5, 5.41) is 12.9. The smallest absolute Gasteiger partial charge is 0.228 e. The molecule has 1 N–H and O–H groups in total. The predicted molar refractivity (Wildman–Crippen MR) is 77.3 cm³/mol. The maximum atomic E-state index is 12.3. The quantitative estimate of drug-likeness (QED) is 0.805. The van der Waals surface area contributed by atoms with Crippen LogP contribution in [0.2, 0.25) is 0 Å². The zero-order chi connectivity index (χ0) is 14.1. The van der Waals surface area contributed by atoms with Crippen molar-refractivity contribution in [3.63, 3.8) is 0 Å². The van der Waals surface area contributed by atoms with Gasteiger partial charge in [0.2, 0.25) is 5.91 Å². The maximum Gasteiger partial charge on any atom is 0.228 e. The third-order valence-electron chi connectivity index (χ3n) is 3.75. The van der Waals surface area contributed by atoms with Crippen molar-refractivity contribution in [1.29, 1.82) is 0 Å². The van der Waals surface area contributed by atoms with Gasteiger partial charge in [-0.25, -0.2) is 0 Å². The molecule has 7 heteroatoms. The first-order chi connectivity index (χ1) is 9.69. The van der Waals surface area contributed by atoms with Gasteiger partial charge in [-0.3, -0.25) is 9.79 Å². The van der Waals surface area contributed by atoms with E-state index < -0.39 is 6.10 Å². The summed E-state index contributed by atoms with van der Waals surface area (Å²) in [4.78, 5) is 20.5. The first-order valence-electron chi connectivity index (χ1n) is 6.94. The average molecular weight is 297 g/mol. The van der Waals surface area contributed by atoms with E-state index in [2.05, 4.69) is 9.89 Å². The number of ether oxygens (including phenoxy) is 1. The maximum absolute atomic E-state index is 12.3. The van der Waals surface area contributed by atoms with Gasteiger partial charge in [0, 0.05) is 31.9 Å². The third kappa shape index (κ3) is 2.57. The summed E-state index contributed by atoms with van der Waals surface area (Å²) in [6.07, 6.45) is -0.452. The summed E-state index contributed by atoms with van der Waals surface area (Å²) >= 11 is 1.58. The molecule has 1 fully saturated rings. The molecule has 0 aliphatic carbocycles. The molecular weight excluding hydrogens is 278 g/mol. The highest BCUT2D eigenvalue weighted by molar-refractivity contribution is 8.16. The Bertz CT molecular complexity index is 466. The van der Waals surface area contributed by atoms with Crippen LogP contribution >= 0.6 is 11.8 Å². The first-order valence-corrected chi connectivity index (χ1v) is 7.82. The molecule has 20 heavy (non-hydrogen) atoms. The SMILES string of the molecule is CCO[C@H]1CN(C(=O)CC2=CSC3=NCCN23)C[C@@H]1O. The molecule has 3 aliphatic rings. The molecule has 0 saturated carbocycles. The number of carbonyl (C=O) groups excluding carboxylic acids is 1. The van der Waals surface area contributed by atoms with Crippen LogP contribution in [-0.4, -0.2) is 71.0 Å². The molecule has 3 aliphatic heterocycles. The van der Waals surface area contributed by atoms with E-state index in [4.69, 9.17) is 4.74 Å². The van der Waals surface area contributed by atoms with E-state index in [1.54, 1.807) is 16.7 Å². The number of nitrogens with zero attached hydrogens (tertiary/aromatic N) is 3. The summed E-state index contributed by atoms with van der Waals surface area (Å²) in [7, 11) is 0. The molecular formula is C13H19N3O3S. The lowest BCUT2D eigenvalue weighted by atomic mass is 10.3. The summed E-state index contributed by atoms with van der Waals surface area (Å²) in [6.45, 7) is 4.97. The second-order valence-corrected chi connectivity index (χ2v) is 5.92. The Morgan fingerprint density at radius 1 is 1.60 bits per heavy atom. The molecule has 0 bridgehead atoms. The lowest BCUT2D eigenvalue weighted by Crippen LogP contribution is -2.32. The van der Waals surface area contributed by atoms with Crippen molar-refractivity contribution < 1.29 is 14.6 Å². The number of hydrogen-bond acceptors (Lipinski definition) is 6. The van der Waals surface area contributed by atoms with Crippen molar-refractivity contribution >= 4 is 22.8 Å². The van der Waals surface area contributed by atoms with Crippen LogP contribution in [0.4, 0.5) is 0 Å². The van der Waals surface area contributed by atoms with E-state index in [1.165, 1.54) is 0 Å². The van der Waals surface area contributed by atoms with E-state index in [1.807, 2.05) is 12.3 Å². The van der Waals surface area contributed by atoms with E-state index in [0.717, 1.165) is 24.0 Å². The van der Waals surface area contributed by atoms with Crippen LogP contribution < -0.4 is 0 Å². The summed E-state index contributed by atoms with van der Waals surface area (Å²) in [5.41, 5.74) is 1.02. The van der Waals surface area contributed by atoms with E-state index in [0.29, 0.717) is 26.1 Å². The third-order valence-corrected chi connectivity index (χ3v) is 4.70. The number of carbonyl (C=O) groups is 1. The van der Waals surface area contributed by atoms with Crippen molar-refractivity contribution in [3.05, 3.63) is 11.1 Å². The fourth-order valence-corrected chi connectivity index (χ4v) is 3.67. The number of thioether (sulfide) groups is 1. The Kier molecular flexibility index (Phi) is 4.00. The number of likely N-dealkylation sites (tertiary alicyclic amines) is 1. The van der Waals surface area contributed by atoms with Gasteiger partial charge in [-0.05, 0) is 12.3 Å². The molecule has 6 nitrogen and oxygen atoms in total. The van der Waals surface area contributed by atoms with Crippen LogP contribution in [0.5, 0.6) is 0 Å². The Balaban J connectivity index is 1.57. The van der Waals surface area contributed by atoms with Crippen LogP contribution in [0.1, 0.15) is 13.3 Å². The normalized spacial score (nSPS) is 28.7. The second kappa shape index (κ2) is 5.75. The standard InChI is InChI=1S/C13H19N3O3S/c1-2-19-11-7-15(6-10(11)17)12(18)5-9-8-20-13-14-3-4-16(9)13/h8,10-11,17H,2-7H2,1H3/t10-,11-/m0/s1. The van der Waals surface area contributed by atoms with E-state index in [-0.39, 0.29) is 12.0 Å². The van der Waals surface area contributed by atoms with Crippen LogP contribution in [-0.2, 0) is 9.53 Å². The fourth-order valence-electron chi connectivity index (χ4n) is 2.72. The molecule has 1 amide bonds. The van der Waals surface area contributed by atoms with Crippen LogP contribution in [0.15, 0.2) is 16.1 Å². The van der Waals surface area contributed by atoms with Gasteiger partial charge < -0.3 is 19.6 Å². The zero-order valence-corrected chi connectivity index (χ0v) is 12.3. The van der Waals surface area contributed by atoms with Gasteiger partial charge in [0.25, 0.3) is 0 Å². The highest BCUT2D eigenvalue weighted by atomic mass is 32.2. The van der Waals surface area contributed by atoms with Gasteiger partial charge in [-0.15, -0.1) is 0 Å². The molecule has 0 aromatic carbocycles. The van der Waals surface area contributed by atoms with Gasteiger partial charge >= 0.3 is 0 Å². The van der Waals surface area contributed by atoms with Crippen LogP contribution in [0, 0.1) is 0 Å². The summed E-state index contributed by atoms with van der Waals surface area (Å²) in [6, 6.07) is 0. The highest BCUT2D eigenvalue weighted by Gasteiger charge is 2.36. The number of fused-ring (bicyclic) bond motifs is 1. The van der Waals surface area contributed by atoms with Crippen molar-refractivity contribution in [2.75, 3.05) is 32.8 Å². The number of β-amino-alcohol motifs (C(OH)–C–C–N with tert-alkyl or cyclic N) is 1. The van der Waals surface area contributed by atoms with Gasteiger partial charge in [-0.1, -0.05) is 11.8 Å². The molecule has 1 saturated heterocycles. The van der Waals surface area contributed by atoms with Gasteiger partial charge in [0.1, 0.15) is 6.10 Å². The summed E-state index contributed by atoms with van der Waals surface area (Å²) in [5.74, 6) is 0.0475. The molecule has 0 spiro atoms. The van der Waals surface area contributed by atoms with Crippen molar-refractivity contribution in [3.8, 4) is 0 Å². The van der Waals surface area contributed by atoms with Crippen LogP contribution in [0.25, 0.3) is 0 Å². The molecule has 0 aromatic rings. The number of rotatable bonds is 4. The van der Waals surface area contributed by atoms with Gasteiger partial charge in [0.15, 0.2) is 5.17 Å².